The van der Waals surface area contributed by atoms with Gasteiger partial charge >= 0.3 is 0 Å². The van der Waals surface area contributed by atoms with Crippen LogP contribution in [0.3, 0.4) is 0 Å². The summed E-state index contributed by atoms with van der Waals surface area (Å²) in [6, 6.07) is 4.52. The number of hydrogen-bond donors (Lipinski definition) is 0. The monoisotopic (exact) mass is 224 g/mol. The molecule has 0 N–H and O–H groups in total. The molecule has 0 aliphatic carbocycles. The second-order valence-electron chi connectivity index (χ2n) is 4.86. The highest BCUT2D eigenvalue weighted by molar-refractivity contribution is 7.11. The lowest BCUT2D eigenvalue weighted by Crippen LogP contribution is -1.87. The van der Waals surface area contributed by atoms with E-state index in [2.05, 4.69) is 32.9 Å². The minimum absolute atomic E-state index is 0.880. The van der Waals surface area contributed by atoms with Crippen LogP contribution in [0.2, 0.25) is 0 Å². The van der Waals surface area contributed by atoms with Gasteiger partial charge in [0, 0.05) is 9.75 Å². The number of thiophene rings is 1. The largest absolute Gasteiger partial charge is 0.146 e. The van der Waals surface area contributed by atoms with Crippen molar-refractivity contribution in [2.45, 2.75) is 59.3 Å². The van der Waals surface area contributed by atoms with Gasteiger partial charge in [0.15, 0.2) is 0 Å². The summed E-state index contributed by atoms with van der Waals surface area (Å²) in [7, 11) is 0. The van der Waals surface area contributed by atoms with E-state index in [1.165, 1.54) is 43.4 Å². The van der Waals surface area contributed by atoms with E-state index in [0.717, 1.165) is 5.92 Å². The fraction of sp³-hybridized carbons (Fsp3) is 0.714. The summed E-state index contributed by atoms with van der Waals surface area (Å²) >= 11 is 1.96. The number of unbranched alkanes of at least 4 members (excludes halogenated alkanes) is 3. The Morgan fingerprint density at radius 3 is 2.40 bits per heavy atom. The van der Waals surface area contributed by atoms with E-state index in [-0.39, 0.29) is 0 Å². The van der Waals surface area contributed by atoms with E-state index in [9.17, 15) is 0 Å². The van der Waals surface area contributed by atoms with Gasteiger partial charge in [0.2, 0.25) is 0 Å². The van der Waals surface area contributed by atoms with Crippen LogP contribution in [-0.2, 0) is 6.42 Å². The Morgan fingerprint density at radius 2 is 1.80 bits per heavy atom. The third-order valence-corrected chi connectivity index (χ3v) is 3.81. The molecule has 0 saturated carbocycles. The third-order valence-electron chi connectivity index (χ3n) is 2.75. The lowest BCUT2D eigenvalue weighted by Gasteiger charge is -2.03. The topological polar surface area (TPSA) is 0 Å². The van der Waals surface area contributed by atoms with E-state index in [4.69, 9.17) is 0 Å². The van der Waals surface area contributed by atoms with Gasteiger partial charge in [-0.1, -0.05) is 39.5 Å². The number of rotatable bonds is 7. The predicted octanol–water partition coefficient (Wildman–Crippen LogP) is 5.21. The maximum Gasteiger partial charge on any atom is 0.00480 e. The molecule has 1 rings (SSSR count). The molecular weight excluding hydrogens is 200 g/mol. The fourth-order valence-electron chi connectivity index (χ4n) is 1.82. The van der Waals surface area contributed by atoms with Crippen LogP contribution in [0.25, 0.3) is 0 Å². The third kappa shape index (κ3) is 5.99. The van der Waals surface area contributed by atoms with Crippen LogP contribution in [0.1, 0.15) is 55.7 Å². The van der Waals surface area contributed by atoms with E-state index >= 15 is 0 Å². The highest BCUT2D eigenvalue weighted by Gasteiger charge is 1.97. The summed E-state index contributed by atoms with van der Waals surface area (Å²) in [6.45, 7) is 6.82. The lowest BCUT2D eigenvalue weighted by molar-refractivity contribution is 0.520. The van der Waals surface area contributed by atoms with Crippen molar-refractivity contribution in [3.05, 3.63) is 21.9 Å². The van der Waals surface area contributed by atoms with Crippen LogP contribution in [0.4, 0.5) is 0 Å². The second-order valence-corrected chi connectivity index (χ2v) is 6.23. The van der Waals surface area contributed by atoms with Crippen molar-refractivity contribution in [1.29, 1.82) is 0 Å². The Kier molecular flexibility index (Phi) is 6.00. The van der Waals surface area contributed by atoms with Crippen molar-refractivity contribution in [2.75, 3.05) is 0 Å². The van der Waals surface area contributed by atoms with Gasteiger partial charge in [-0.25, -0.2) is 0 Å². The van der Waals surface area contributed by atoms with Crippen molar-refractivity contribution in [3.8, 4) is 0 Å². The van der Waals surface area contributed by atoms with Crippen LogP contribution in [0.15, 0.2) is 12.1 Å². The minimum Gasteiger partial charge on any atom is -0.146 e. The number of hydrogen-bond acceptors (Lipinski definition) is 1. The maximum absolute atomic E-state index is 2.31. The molecule has 0 amide bonds. The van der Waals surface area contributed by atoms with E-state index in [1.54, 1.807) is 4.88 Å². The molecule has 1 heteroatoms. The molecule has 0 radical (unpaired) electrons. The Morgan fingerprint density at radius 1 is 1.07 bits per heavy atom. The molecule has 1 heterocycles. The Balaban J connectivity index is 1.98. The van der Waals surface area contributed by atoms with Crippen molar-refractivity contribution >= 4 is 11.3 Å². The minimum atomic E-state index is 0.880. The molecule has 1 aromatic rings. The first-order valence-corrected chi connectivity index (χ1v) is 7.05. The lowest BCUT2D eigenvalue weighted by atomic mass is 10.0. The zero-order chi connectivity index (χ0) is 11.1. The normalized spacial score (nSPS) is 11.2. The van der Waals surface area contributed by atoms with E-state index < -0.39 is 0 Å². The average molecular weight is 224 g/mol. The maximum atomic E-state index is 2.31. The van der Waals surface area contributed by atoms with E-state index in [0.29, 0.717) is 0 Å². The second kappa shape index (κ2) is 7.05. The van der Waals surface area contributed by atoms with Crippen LogP contribution in [0.5, 0.6) is 0 Å². The molecule has 0 spiro atoms. The van der Waals surface area contributed by atoms with Crippen LogP contribution >= 0.6 is 11.3 Å². The first-order chi connectivity index (χ1) is 7.18. The zero-order valence-corrected chi connectivity index (χ0v) is 11.2. The first-order valence-electron chi connectivity index (χ1n) is 6.24. The molecular formula is C14H24S. The molecule has 1 aromatic heterocycles. The van der Waals surface area contributed by atoms with Gasteiger partial charge in [0.25, 0.3) is 0 Å². The summed E-state index contributed by atoms with van der Waals surface area (Å²) in [5.74, 6) is 0.880. The summed E-state index contributed by atoms with van der Waals surface area (Å²) < 4.78 is 0. The van der Waals surface area contributed by atoms with Gasteiger partial charge in [0.1, 0.15) is 0 Å². The molecule has 86 valence electrons. The van der Waals surface area contributed by atoms with Crippen molar-refractivity contribution in [2.24, 2.45) is 5.92 Å². The Bertz CT molecular complexity index is 260. The van der Waals surface area contributed by atoms with Crippen LogP contribution < -0.4 is 0 Å². The van der Waals surface area contributed by atoms with Crippen LogP contribution in [-0.4, -0.2) is 0 Å². The molecule has 0 unspecified atom stereocenters. The van der Waals surface area contributed by atoms with Gasteiger partial charge in [0.05, 0.1) is 0 Å². The molecule has 0 bridgehead atoms. The summed E-state index contributed by atoms with van der Waals surface area (Å²) in [6.07, 6.45) is 8.31. The molecule has 0 atom stereocenters. The average Bonchev–Trinajstić information content (AvgIpc) is 2.57. The van der Waals surface area contributed by atoms with Crippen molar-refractivity contribution in [3.63, 3.8) is 0 Å². The van der Waals surface area contributed by atoms with Crippen molar-refractivity contribution < 1.29 is 0 Å². The van der Waals surface area contributed by atoms with Crippen molar-refractivity contribution in [1.82, 2.24) is 0 Å². The quantitative estimate of drug-likeness (QED) is 0.558. The molecule has 0 aliphatic heterocycles. The van der Waals surface area contributed by atoms with Gasteiger partial charge in [-0.2, -0.15) is 0 Å². The summed E-state index contributed by atoms with van der Waals surface area (Å²) in [4.78, 5) is 3.01. The Hall–Kier alpha value is -0.300. The summed E-state index contributed by atoms with van der Waals surface area (Å²) in [5.41, 5.74) is 0. The molecule has 0 saturated heterocycles. The SMILES string of the molecule is Cc1ccc(CCCCCCC(C)C)s1. The first kappa shape index (κ1) is 12.8. The van der Waals surface area contributed by atoms with Gasteiger partial charge in [-0.05, 0) is 37.8 Å². The fourth-order valence-corrected chi connectivity index (χ4v) is 2.76. The molecule has 15 heavy (non-hydrogen) atoms. The zero-order valence-electron chi connectivity index (χ0n) is 10.4. The molecule has 0 aromatic carbocycles. The van der Waals surface area contributed by atoms with Gasteiger partial charge in [-0.3, -0.25) is 0 Å². The Labute approximate surface area is 98.7 Å². The predicted molar refractivity (Wildman–Crippen MR) is 70.7 cm³/mol. The highest BCUT2D eigenvalue weighted by atomic mass is 32.1. The van der Waals surface area contributed by atoms with E-state index in [1.807, 2.05) is 11.3 Å². The molecule has 0 nitrogen and oxygen atoms in total. The summed E-state index contributed by atoms with van der Waals surface area (Å²) in [5, 5.41) is 0. The standard InChI is InChI=1S/C14H24S/c1-12(2)8-6-4-5-7-9-14-11-10-13(3)15-14/h10-12H,4-9H2,1-3H3. The smallest absolute Gasteiger partial charge is 0.00480 e. The van der Waals surface area contributed by atoms with Crippen LogP contribution in [0, 0.1) is 12.8 Å². The number of aryl methyl sites for hydroxylation is 2. The van der Waals surface area contributed by atoms with Gasteiger partial charge in [-0.15, -0.1) is 11.3 Å². The van der Waals surface area contributed by atoms with Gasteiger partial charge < -0.3 is 0 Å². The highest BCUT2D eigenvalue weighted by Crippen LogP contribution is 2.18. The molecule has 0 fully saturated rings. The molecule has 0 aliphatic rings.